The third kappa shape index (κ3) is 5.63. The van der Waals surface area contributed by atoms with Gasteiger partial charge in [0.25, 0.3) is 15.9 Å². The van der Waals surface area contributed by atoms with E-state index in [0.717, 1.165) is 16.4 Å². The van der Waals surface area contributed by atoms with Crippen molar-refractivity contribution >= 4 is 38.9 Å². The van der Waals surface area contributed by atoms with Crippen LogP contribution in [-0.2, 0) is 16.2 Å². The van der Waals surface area contributed by atoms with Crippen molar-refractivity contribution in [3.63, 3.8) is 0 Å². The average molecular weight is 529 g/mol. The van der Waals surface area contributed by atoms with Gasteiger partial charge in [0.2, 0.25) is 0 Å². The van der Waals surface area contributed by atoms with E-state index in [1.54, 1.807) is 0 Å². The fourth-order valence-electron chi connectivity index (χ4n) is 3.12. The molecule has 0 saturated heterocycles. The second-order valence-electron chi connectivity index (χ2n) is 7.18. The molecule has 0 aliphatic heterocycles. The van der Waals surface area contributed by atoms with Gasteiger partial charge in [-0.1, -0.05) is 11.6 Å². The highest BCUT2D eigenvalue weighted by atomic mass is 35.5. The molecule has 1 N–H and O–H groups in total. The van der Waals surface area contributed by atoms with E-state index in [1.807, 2.05) is 0 Å². The summed E-state index contributed by atoms with van der Waals surface area (Å²) >= 11 is 5.59. The number of halogens is 4. The van der Waals surface area contributed by atoms with Crippen molar-refractivity contribution < 1.29 is 35.9 Å². The van der Waals surface area contributed by atoms with Crippen molar-refractivity contribution in [2.24, 2.45) is 0 Å². The van der Waals surface area contributed by atoms with Crippen LogP contribution in [0.3, 0.4) is 0 Å². The van der Waals surface area contributed by atoms with Crippen LogP contribution in [0.2, 0.25) is 5.02 Å². The van der Waals surface area contributed by atoms with Gasteiger partial charge in [-0.3, -0.25) is 9.10 Å². The topological polar surface area (TPSA) is 84.9 Å². The number of ether oxygens (including phenoxy) is 2. The van der Waals surface area contributed by atoms with Gasteiger partial charge in [-0.05, 0) is 54.6 Å². The maximum Gasteiger partial charge on any atom is 0.417 e. The molecule has 35 heavy (non-hydrogen) atoms. The molecular formula is C23H20ClF3N2O5S. The quantitative estimate of drug-likeness (QED) is 0.440. The van der Waals surface area contributed by atoms with Gasteiger partial charge in [0.15, 0.2) is 11.5 Å². The van der Waals surface area contributed by atoms with Crippen molar-refractivity contribution in [3.8, 4) is 11.5 Å². The van der Waals surface area contributed by atoms with Crippen LogP contribution in [0.25, 0.3) is 0 Å². The molecule has 3 aromatic rings. The first kappa shape index (κ1) is 26.2. The first-order valence-corrected chi connectivity index (χ1v) is 11.7. The second-order valence-corrected chi connectivity index (χ2v) is 9.56. The number of hydrogen-bond donors (Lipinski definition) is 1. The smallest absolute Gasteiger partial charge is 0.417 e. The van der Waals surface area contributed by atoms with Gasteiger partial charge in [0.1, 0.15) is 0 Å². The van der Waals surface area contributed by atoms with E-state index in [0.29, 0.717) is 5.75 Å². The monoisotopic (exact) mass is 528 g/mol. The third-order valence-corrected chi connectivity index (χ3v) is 7.15. The molecule has 0 aliphatic rings. The maximum atomic E-state index is 13.0. The molecule has 0 aromatic heterocycles. The molecule has 0 saturated carbocycles. The predicted molar refractivity (Wildman–Crippen MR) is 126 cm³/mol. The fourth-order valence-corrected chi connectivity index (χ4v) is 4.56. The van der Waals surface area contributed by atoms with Crippen LogP contribution in [0.4, 0.5) is 24.5 Å². The highest BCUT2D eigenvalue weighted by molar-refractivity contribution is 7.92. The Hall–Kier alpha value is -3.44. The Labute approximate surface area is 205 Å². The standard InChI is InChI=1S/C23H20ClF3N2O5S/c1-29(35(31,32)17-9-11-20(33-2)21(13-17)34-3)16-7-4-14(5-8-16)22(30)28-15-6-10-19(24)18(12-15)23(25,26)27/h4-13H,1-3H3,(H,28,30). The molecule has 3 rings (SSSR count). The van der Waals surface area contributed by atoms with Crippen molar-refractivity contribution in [3.05, 3.63) is 76.8 Å². The van der Waals surface area contributed by atoms with Crippen molar-refractivity contribution in [1.29, 1.82) is 0 Å². The van der Waals surface area contributed by atoms with Crippen LogP contribution >= 0.6 is 11.6 Å². The summed E-state index contributed by atoms with van der Waals surface area (Å²) in [7, 11) is 0.178. The Morgan fingerprint density at radius 1 is 0.943 bits per heavy atom. The lowest BCUT2D eigenvalue weighted by atomic mass is 10.1. The number of rotatable bonds is 7. The van der Waals surface area contributed by atoms with Gasteiger partial charge in [-0.25, -0.2) is 8.42 Å². The number of sulfonamides is 1. The van der Waals surface area contributed by atoms with Gasteiger partial charge in [-0.15, -0.1) is 0 Å². The lowest BCUT2D eigenvalue weighted by Crippen LogP contribution is -2.26. The molecule has 186 valence electrons. The summed E-state index contributed by atoms with van der Waals surface area (Å²) in [6.07, 6.45) is -4.68. The van der Waals surface area contributed by atoms with Crippen LogP contribution in [0.15, 0.2) is 65.6 Å². The van der Waals surface area contributed by atoms with E-state index in [-0.39, 0.29) is 27.6 Å². The van der Waals surface area contributed by atoms with E-state index in [2.05, 4.69) is 5.32 Å². The largest absolute Gasteiger partial charge is 0.493 e. The summed E-state index contributed by atoms with van der Waals surface area (Å²) in [4.78, 5) is 12.5. The highest BCUT2D eigenvalue weighted by Crippen LogP contribution is 2.36. The molecule has 7 nitrogen and oxygen atoms in total. The van der Waals surface area contributed by atoms with Crippen LogP contribution in [0.5, 0.6) is 11.5 Å². The van der Waals surface area contributed by atoms with Gasteiger partial charge >= 0.3 is 6.18 Å². The predicted octanol–water partition coefficient (Wildman–Crippen LogP) is 5.45. The normalized spacial score (nSPS) is 11.6. The number of hydrogen-bond acceptors (Lipinski definition) is 5. The Morgan fingerprint density at radius 2 is 1.57 bits per heavy atom. The van der Waals surface area contributed by atoms with Gasteiger partial charge in [0.05, 0.1) is 35.4 Å². The van der Waals surface area contributed by atoms with Crippen molar-refractivity contribution in [2.75, 3.05) is 30.9 Å². The Morgan fingerprint density at radius 3 is 2.14 bits per heavy atom. The summed E-state index contributed by atoms with van der Waals surface area (Å²) in [5.41, 5.74) is -0.811. The zero-order chi connectivity index (χ0) is 26.0. The van der Waals surface area contributed by atoms with E-state index in [9.17, 15) is 26.4 Å². The summed E-state index contributed by atoms with van der Waals surface area (Å²) < 4.78 is 76.5. The molecule has 0 bridgehead atoms. The van der Waals surface area contributed by atoms with Crippen LogP contribution < -0.4 is 19.1 Å². The minimum Gasteiger partial charge on any atom is -0.493 e. The van der Waals surface area contributed by atoms with E-state index in [4.69, 9.17) is 21.1 Å². The zero-order valence-corrected chi connectivity index (χ0v) is 20.3. The molecule has 0 spiro atoms. The number of carbonyl (C=O) groups is 1. The first-order chi connectivity index (χ1) is 16.4. The molecule has 0 atom stereocenters. The molecular weight excluding hydrogens is 509 g/mol. The van der Waals surface area contributed by atoms with E-state index in [1.165, 1.54) is 69.8 Å². The molecule has 0 radical (unpaired) electrons. The first-order valence-electron chi connectivity index (χ1n) is 9.87. The number of carbonyl (C=O) groups excluding carboxylic acids is 1. The SMILES string of the molecule is COc1ccc(S(=O)(=O)N(C)c2ccc(C(=O)Nc3ccc(Cl)c(C(F)(F)F)c3)cc2)cc1OC. The van der Waals surface area contributed by atoms with E-state index < -0.39 is 32.7 Å². The number of amides is 1. The number of benzene rings is 3. The second kappa shape index (κ2) is 10.0. The number of nitrogens with zero attached hydrogens (tertiary/aromatic N) is 1. The number of anilines is 2. The molecule has 0 unspecified atom stereocenters. The van der Waals surface area contributed by atoms with Crippen LogP contribution in [0.1, 0.15) is 15.9 Å². The lowest BCUT2D eigenvalue weighted by Gasteiger charge is -2.20. The minimum atomic E-state index is -4.68. The van der Waals surface area contributed by atoms with Gasteiger partial charge < -0.3 is 14.8 Å². The van der Waals surface area contributed by atoms with E-state index >= 15 is 0 Å². The van der Waals surface area contributed by atoms with Crippen LogP contribution in [-0.4, -0.2) is 35.6 Å². The summed E-state index contributed by atoms with van der Waals surface area (Å²) in [5.74, 6) is -0.0743. The maximum absolute atomic E-state index is 13.0. The summed E-state index contributed by atoms with van der Waals surface area (Å²) in [6.45, 7) is 0. The molecule has 1 amide bonds. The lowest BCUT2D eigenvalue weighted by molar-refractivity contribution is -0.137. The number of nitrogens with one attached hydrogen (secondary N) is 1. The van der Waals surface area contributed by atoms with Gasteiger partial charge in [0, 0.05) is 24.4 Å². The molecule has 3 aromatic carbocycles. The van der Waals surface area contributed by atoms with Crippen molar-refractivity contribution in [1.82, 2.24) is 0 Å². The number of methoxy groups -OCH3 is 2. The fraction of sp³-hybridized carbons (Fsp3) is 0.174. The van der Waals surface area contributed by atoms with Crippen LogP contribution in [0, 0.1) is 0 Å². The molecule has 0 heterocycles. The Bertz CT molecular complexity index is 1350. The highest BCUT2D eigenvalue weighted by Gasteiger charge is 2.33. The Kier molecular flexibility index (Phi) is 7.51. The minimum absolute atomic E-state index is 0.0392. The summed E-state index contributed by atoms with van der Waals surface area (Å²) in [6, 6.07) is 12.7. The van der Waals surface area contributed by atoms with Gasteiger partial charge in [-0.2, -0.15) is 13.2 Å². The summed E-state index contributed by atoms with van der Waals surface area (Å²) in [5, 5.41) is 1.88. The third-order valence-electron chi connectivity index (χ3n) is 5.04. The van der Waals surface area contributed by atoms with Crippen molar-refractivity contribution in [2.45, 2.75) is 11.1 Å². The molecule has 0 fully saturated rings. The number of alkyl halides is 3. The molecule has 12 heteroatoms. The molecule has 0 aliphatic carbocycles. The average Bonchev–Trinajstić information content (AvgIpc) is 2.83. The Balaban J connectivity index is 1.80. The zero-order valence-electron chi connectivity index (χ0n) is 18.7.